The van der Waals surface area contributed by atoms with Gasteiger partial charge in [0, 0.05) is 51.7 Å². The molecule has 0 aromatic rings. The van der Waals surface area contributed by atoms with Crippen LogP contribution in [0.3, 0.4) is 0 Å². The van der Waals surface area contributed by atoms with Crippen molar-refractivity contribution < 1.29 is 57.8 Å². The van der Waals surface area contributed by atoms with E-state index in [4.69, 9.17) is 33.4 Å². The first-order valence-corrected chi connectivity index (χ1v) is 22.8. The summed E-state index contributed by atoms with van der Waals surface area (Å²) in [4.78, 5) is 64.4. The van der Waals surface area contributed by atoms with Gasteiger partial charge >= 0.3 is 5.97 Å². The molecule has 4 bridgehead atoms. The fraction of sp³-hybridized carbons (Fsp3) is 0.809. The number of ether oxygens (including phenoxy) is 6. The molecule has 1 spiro atoms. The smallest absolute Gasteiger partial charge is 0.355 e. The first kappa shape index (κ1) is 49.2. The number of allylic oxidation sites excluding steroid dienone is 3. The second kappa shape index (κ2) is 21.7. The fourth-order valence-electron chi connectivity index (χ4n) is 10.2. The largest absolute Gasteiger partial charge is 0.454 e. The van der Waals surface area contributed by atoms with Crippen molar-refractivity contribution >= 4 is 29.7 Å². The SMILES string of the molecule is COC1CC(C)CC(C)CC2=CC=NC3(CCCCN3C(=O)C(=O)C3(O)OC1C(OC)CC3C)C(=O)OC(C(C)=CC1CCC(OCCOC(C)C)CC1)C(C)C(O)CC2=O. The molecule has 4 aliphatic heterocycles. The summed E-state index contributed by atoms with van der Waals surface area (Å²) in [5.41, 5.74) is -0.861. The van der Waals surface area contributed by atoms with Gasteiger partial charge in [-0.1, -0.05) is 33.8 Å². The molecule has 1 saturated carbocycles. The molecule has 11 atom stereocenters. The monoisotopic (exact) mass is 859 g/mol. The van der Waals surface area contributed by atoms with Gasteiger partial charge in [0.15, 0.2) is 5.78 Å². The molecule has 2 N–H and O–H groups in total. The number of hydrogen-bond donors (Lipinski definition) is 2. The third-order valence-electron chi connectivity index (χ3n) is 13.8. The van der Waals surface area contributed by atoms with Gasteiger partial charge in [0.05, 0.1) is 43.7 Å². The van der Waals surface area contributed by atoms with Crippen molar-refractivity contribution in [3.8, 4) is 0 Å². The average Bonchev–Trinajstić information content (AvgIpc) is 3.22. The molecular formula is C47H74N2O12. The van der Waals surface area contributed by atoms with Crippen molar-refractivity contribution in [1.82, 2.24) is 4.90 Å². The number of amides is 1. The number of cyclic esters (lactones) is 1. The number of nitrogens with zero attached hydrogens (tertiary/aromatic N) is 2. The molecule has 11 unspecified atom stereocenters. The summed E-state index contributed by atoms with van der Waals surface area (Å²) in [7, 11) is 3.08. The number of aliphatic imine (C=N–C) groups is 1. The second-order valence-corrected chi connectivity index (χ2v) is 19.0. The number of rotatable bonds is 9. The van der Waals surface area contributed by atoms with Crippen LogP contribution < -0.4 is 0 Å². The lowest BCUT2D eigenvalue weighted by Crippen LogP contribution is -2.67. The average molecular weight is 859 g/mol. The molecule has 1 amide bonds. The normalized spacial score (nSPS) is 39.0. The number of aliphatic hydroxyl groups excluding tert-OH is 1. The fourth-order valence-corrected chi connectivity index (χ4v) is 10.2. The molecule has 61 heavy (non-hydrogen) atoms. The predicted molar refractivity (Wildman–Crippen MR) is 228 cm³/mol. The van der Waals surface area contributed by atoms with E-state index in [2.05, 4.69) is 19.9 Å². The highest BCUT2D eigenvalue weighted by Gasteiger charge is 2.59. The lowest BCUT2D eigenvalue weighted by Gasteiger charge is -2.48. The number of hydrogen-bond acceptors (Lipinski definition) is 13. The molecule has 0 aromatic heterocycles. The zero-order chi connectivity index (χ0) is 44.6. The molecule has 1 aliphatic carbocycles. The maximum Gasteiger partial charge on any atom is 0.355 e. The third kappa shape index (κ3) is 11.6. The maximum absolute atomic E-state index is 15.0. The van der Waals surface area contributed by atoms with E-state index in [9.17, 15) is 24.6 Å². The summed E-state index contributed by atoms with van der Waals surface area (Å²) in [5.74, 6) is -7.35. The first-order valence-electron chi connectivity index (χ1n) is 22.8. The lowest BCUT2D eigenvalue weighted by atomic mass is 9.81. The predicted octanol–water partition coefficient (Wildman–Crippen LogP) is 5.69. The minimum atomic E-state index is -2.55. The number of ketones is 2. The summed E-state index contributed by atoms with van der Waals surface area (Å²) >= 11 is 0. The molecule has 5 rings (SSSR count). The molecule has 3 fully saturated rings. The summed E-state index contributed by atoms with van der Waals surface area (Å²) in [5, 5.41) is 24.0. The van der Waals surface area contributed by atoms with Gasteiger partial charge in [-0.2, -0.15) is 0 Å². The highest BCUT2D eigenvalue weighted by atomic mass is 16.7. The number of methoxy groups -OCH3 is 2. The molecule has 344 valence electrons. The molecule has 5 aliphatic rings. The Morgan fingerprint density at radius 1 is 0.951 bits per heavy atom. The Bertz CT molecular complexity index is 1620. The molecule has 0 aromatic carbocycles. The van der Waals surface area contributed by atoms with Gasteiger partial charge in [0.1, 0.15) is 12.2 Å². The molecular weight excluding hydrogens is 785 g/mol. The van der Waals surface area contributed by atoms with Crippen LogP contribution in [0.2, 0.25) is 0 Å². The van der Waals surface area contributed by atoms with Crippen molar-refractivity contribution in [1.29, 1.82) is 0 Å². The number of piperidine rings is 1. The summed E-state index contributed by atoms with van der Waals surface area (Å²) < 4.78 is 36.2. The van der Waals surface area contributed by atoms with Crippen molar-refractivity contribution in [2.24, 2.45) is 34.6 Å². The van der Waals surface area contributed by atoms with E-state index in [-0.39, 0.29) is 61.6 Å². The van der Waals surface area contributed by atoms with Crippen LogP contribution in [0.5, 0.6) is 0 Å². The molecule has 0 radical (unpaired) electrons. The zero-order valence-corrected chi connectivity index (χ0v) is 38.1. The van der Waals surface area contributed by atoms with Gasteiger partial charge in [0.25, 0.3) is 11.7 Å². The Kier molecular flexibility index (Phi) is 17.5. The minimum absolute atomic E-state index is 0.0109. The Hall–Kier alpha value is -2.85. The van der Waals surface area contributed by atoms with Crippen LogP contribution in [-0.2, 0) is 47.6 Å². The van der Waals surface area contributed by atoms with Crippen molar-refractivity contribution in [3.63, 3.8) is 0 Å². The number of carbonyl (C=O) groups is 4. The van der Waals surface area contributed by atoms with E-state index in [1.54, 1.807) is 19.9 Å². The van der Waals surface area contributed by atoms with Gasteiger partial charge in [-0.25, -0.2) is 4.79 Å². The molecule has 14 nitrogen and oxygen atoms in total. The van der Waals surface area contributed by atoms with Gasteiger partial charge in [-0.15, -0.1) is 0 Å². The van der Waals surface area contributed by atoms with Gasteiger partial charge in [-0.05, 0) is 120 Å². The molecule has 2 saturated heterocycles. The van der Waals surface area contributed by atoms with E-state index < -0.39 is 71.5 Å². The first-order chi connectivity index (χ1) is 28.9. The van der Waals surface area contributed by atoms with E-state index in [1.165, 1.54) is 20.4 Å². The van der Waals surface area contributed by atoms with Gasteiger partial charge in [0.2, 0.25) is 11.4 Å². The quantitative estimate of drug-likeness (QED) is 0.125. The zero-order valence-electron chi connectivity index (χ0n) is 38.1. The molecule has 4 heterocycles. The number of fused-ring (bicyclic) bond motifs is 3. The lowest BCUT2D eigenvalue weighted by molar-refractivity contribution is -0.302. The highest BCUT2D eigenvalue weighted by molar-refractivity contribution is 6.39. The van der Waals surface area contributed by atoms with Crippen molar-refractivity contribution in [3.05, 3.63) is 23.3 Å². The minimum Gasteiger partial charge on any atom is -0.454 e. The van der Waals surface area contributed by atoms with Crippen LogP contribution in [0.4, 0.5) is 0 Å². The summed E-state index contributed by atoms with van der Waals surface area (Å²) in [6.07, 6.45) is 7.09. The van der Waals surface area contributed by atoms with E-state index in [1.807, 2.05) is 20.8 Å². The van der Waals surface area contributed by atoms with Crippen molar-refractivity contribution in [2.45, 2.75) is 180 Å². The van der Waals surface area contributed by atoms with Crippen LogP contribution in [0.25, 0.3) is 0 Å². The molecule has 14 heteroatoms. The topological polar surface area (TPSA) is 180 Å². The maximum atomic E-state index is 15.0. The number of carbonyl (C=O) groups excluding carboxylic acids is 4. The van der Waals surface area contributed by atoms with E-state index in [0.717, 1.165) is 30.6 Å². The Labute approximate surface area is 363 Å². The van der Waals surface area contributed by atoms with Crippen molar-refractivity contribution in [2.75, 3.05) is 34.0 Å². The second-order valence-electron chi connectivity index (χ2n) is 19.0. The van der Waals surface area contributed by atoms with Gasteiger partial charge < -0.3 is 43.5 Å². The number of aliphatic hydroxyl groups is 2. The van der Waals surface area contributed by atoms with Crippen LogP contribution >= 0.6 is 0 Å². The number of Topliss-reactive ketones (excluding diaryl/α,β-unsaturated/α-hetero) is 2. The van der Waals surface area contributed by atoms with Crippen LogP contribution in [0.15, 0.2) is 28.3 Å². The Morgan fingerprint density at radius 3 is 2.31 bits per heavy atom. The van der Waals surface area contributed by atoms with Crippen LogP contribution in [-0.4, -0.2) is 133 Å². The standard InChI is InChI=1S/C47H74N2O12/c1-28(2)58-20-21-59-36-14-12-34(13-15-36)25-31(5)41-33(7)37(50)27-38(51)35-16-18-48-46(45(54)60-41)17-10-11-19-49(46)44(53)43(52)47(55)32(6)26-40(57-9)42(61-47)39(56-8)24-30(4)22-29(3)23-35/h16,18,25,28-30,32-34,36-37,39-42,50,55H,10-15,17,19-24,26-27H2,1-9H3. The van der Waals surface area contributed by atoms with Crippen LogP contribution in [0.1, 0.15) is 126 Å². The van der Waals surface area contributed by atoms with Gasteiger partial charge in [-0.3, -0.25) is 19.4 Å². The Balaban J connectivity index is 1.55. The summed E-state index contributed by atoms with van der Waals surface area (Å²) in [6, 6.07) is 0. The van der Waals surface area contributed by atoms with E-state index in [0.29, 0.717) is 56.5 Å². The number of esters is 1. The highest BCUT2D eigenvalue weighted by Crippen LogP contribution is 2.41. The summed E-state index contributed by atoms with van der Waals surface area (Å²) in [6.45, 7) is 14.4. The third-order valence-corrected chi connectivity index (χ3v) is 13.8. The van der Waals surface area contributed by atoms with Crippen LogP contribution in [0, 0.1) is 29.6 Å². The Morgan fingerprint density at radius 2 is 1.64 bits per heavy atom. The van der Waals surface area contributed by atoms with E-state index >= 15 is 4.79 Å².